The lowest BCUT2D eigenvalue weighted by atomic mass is 9.97. The quantitative estimate of drug-likeness (QED) is 0.303. The number of oxime groups is 1. The molecule has 1 amide bonds. The summed E-state index contributed by atoms with van der Waals surface area (Å²) in [6.45, 7) is 6.07. The molecule has 0 aromatic rings. The van der Waals surface area contributed by atoms with Gasteiger partial charge in [-0.05, 0) is 19.8 Å². The van der Waals surface area contributed by atoms with E-state index in [0.717, 1.165) is 25.7 Å². The SMILES string of the molecule is CCCCC(CC)C(=O)N(C)C(C)CC(N)=NO. The van der Waals surface area contributed by atoms with Gasteiger partial charge in [-0.15, -0.1) is 0 Å². The molecule has 0 aliphatic carbocycles. The van der Waals surface area contributed by atoms with E-state index in [1.165, 1.54) is 0 Å². The average Bonchev–Trinajstić information content (AvgIpc) is 2.37. The third-order valence-electron chi connectivity index (χ3n) is 3.39. The third kappa shape index (κ3) is 5.38. The smallest absolute Gasteiger partial charge is 0.225 e. The van der Waals surface area contributed by atoms with E-state index in [4.69, 9.17) is 10.9 Å². The van der Waals surface area contributed by atoms with Gasteiger partial charge in [0.05, 0.1) is 0 Å². The maximum absolute atomic E-state index is 12.3. The molecule has 0 spiro atoms. The number of hydrogen-bond acceptors (Lipinski definition) is 3. The van der Waals surface area contributed by atoms with Crippen molar-refractivity contribution in [1.82, 2.24) is 4.90 Å². The van der Waals surface area contributed by atoms with Crippen LogP contribution in [0.2, 0.25) is 0 Å². The van der Waals surface area contributed by atoms with Crippen molar-refractivity contribution in [2.75, 3.05) is 7.05 Å². The summed E-state index contributed by atoms with van der Waals surface area (Å²) in [5.41, 5.74) is 5.46. The van der Waals surface area contributed by atoms with Crippen molar-refractivity contribution in [1.29, 1.82) is 0 Å². The first-order chi connectivity index (χ1) is 8.47. The molecular formula is C13H27N3O2. The van der Waals surface area contributed by atoms with Gasteiger partial charge >= 0.3 is 0 Å². The van der Waals surface area contributed by atoms with Gasteiger partial charge in [0.1, 0.15) is 5.84 Å². The zero-order valence-electron chi connectivity index (χ0n) is 12.0. The molecule has 0 fully saturated rings. The van der Waals surface area contributed by atoms with Gasteiger partial charge in [0.15, 0.2) is 0 Å². The number of carbonyl (C=O) groups is 1. The third-order valence-corrected chi connectivity index (χ3v) is 3.39. The first-order valence-corrected chi connectivity index (χ1v) is 6.70. The van der Waals surface area contributed by atoms with Gasteiger partial charge in [0.2, 0.25) is 5.91 Å². The van der Waals surface area contributed by atoms with Crippen LogP contribution >= 0.6 is 0 Å². The number of amides is 1. The normalized spacial score (nSPS) is 15.2. The Morgan fingerprint density at radius 3 is 2.50 bits per heavy atom. The zero-order chi connectivity index (χ0) is 14.1. The van der Waals surface area contributed by atoms with Gasteiger partial charge in [0.25, 0.3) is 0 Å². The highest BCUT2D eigenvalue weighted by molar-refractivity contribution is 5.82. The van der Waals surface area contributed by atoms with Crippen LogP contribution in [0.25, 0.3) is 0 Å². The molecule has 0 heterocycles. The molecule has 0 saturated heterocycles. The van der Waals surface area contributed by atoms with Crippen LogP contribution in [0, 0.1) is 5.92 Å². The summed E-state index contributed by atoms with van der Waals surface area (Å²) >= 11 is 0. The number of amidine groups is 1. The minimum absolute atomic E-state index is 0.0518. The number of hydrogen-bond donors (Lipinski definition) is 2. The first kappa shape index (κ1) is 16.7. The highest BCUT2D eigenvalue weighted by atomic mass is 16.4. The number of unbranched alkanes of at least 4 members (excludes halogenated alkanes) is 1. The van der Waals surface area contributed by atoms with Crippen molar-refractivity contribution in [3.8, 4) is 0 Å². The van der Waals surface area contributed by atoms with Crippen LogP contribution in [0.15, 0.2) is 5.16 Å². The molecule has 0 aromatic carbocycles. The van der Waals surface area contributed by atoms with Crippen molar-refractivity contribution in [2.24, 2.45) is 16.8 Å². The highest BCUT2D eigenvalue weighted by Crippen LogP contribution is 2.17. The second kappa shape index (κ2) is 8.78. The summed E-state index contributed by atoms with van der Waals surface area (Å²) in [7, 11) is 1.78. The summed E-state index contributed by atoms with van der Waals surface area (Å²) in [4.78, 5) is 14.0. The summed E-state index contributed by atoms with van der Waals surface area (Å²) in [5.74, 6) is 0.401. The van der Waals surface area contributed by atoms with E-state index in [2.05, 4.69) is 12.1 Å². The van der Waals surface area contributed by atoms with E-state index in [1.54, 1.807) is 11.9 Å². The predicted molar refractivity (Wildman–Crippen MR) is 73.6 cm³/mol. The van der Waals surface area contributed by atoms with Crippen LogP contribution in [0.5, 0.6) is 0 Å². The predicted octanol–water partition coefficient (Wildman–Crippen LogP) is 2.19. The van der Waals surface area contributed by atoms with Crippen LogP contribution in [-0.4, -0.2) is 34.9 Å². The lowest BCUT2D eigenvalue weighted by molar-refractivity contribution is -0.136. The summed E-state index contributed by atoms with van der Waals surface area (Å²) in [6, 6.07) is -0.0518. The largest absolute Gasteiger partial charge is 0.409 e. The van der Waals surface area contributed by atoms with E-state index < -0.39 is 0 Å². The van der Waals surface area contributed by atoms with E-state index in [0.29, 0.717) is 6.42 Å². The van der Waals surface area contributed by atoms with E-state index in [1.807, 2.05) is 13.8 Å². The molecule has 106 valence electrons. The number of nitrogens with zero attached hydrogens (tertiary/aromatic N) is 2. The number of rotatable bonds is 8. The lowest BCUT2D eigenvalue weighted by Gasteiger charge is -2.28. The summed E-state index contributed by atoms with van der Waals surface area (Å²) in [5, 5.41) is 11.5. The molecule has 0 saturated carbocycles. The highest BCUT2D eigenvalue weighted by Gasteiger charge is 2.23. The van der Waals surface area contributed by atoms with Crippen molar-refractivity contribution >= 4 is 11.7 Å². The maximum Gasteiger partial charge on any atom is 0.225 e. The standard InChI is InChI=1S/C13H27N3O2/c1-5-7-8-11(6-2)13(17)16(4)10(3)9-12(14)15-18/h10-11,18H,5-9H2,1-4H3,(H2,14,15). The fraction of sp³-hybridized carbons (Fsp3) is 0.846. The molecule has 0 bridgehead atoms. The zero-order valence-corrected chi connectivity index (χ0v) is 12.0. The maximum atomic E-state index is 12.3. The van der Waals surface area contributed by atoms with E-state index >= 15 is 0 Å². The van der Waals surface area contributed by atoms with Crippen LogP contribution in [-0.2, 0) is 4.79 Å². The minimum atomic E-state index is -0.0518. The van der Waals surface area contributed by atoms with E-state index in [9.17, 15) is 4.79 Å². The minimum Gasteiger partial charge on any atom is -0.409 e. The van der Waals surface area contributed by atoms with Gasteiger partial charge < -0.3 is 15.8 Å². The molecule has 5 heteroatoms. The molecule has 2 atom stereocenters. The summed E-state index contributed by atoms with van der Waals surface area (Å²) in [6.07, 6.45) is 4.37. The molecule has 18 heavy (non-hydrogen) atoms. The second-order valence-corrected chi connectivity index (χ2v) is 4.84. The Labute approximate surface area is 110 Å². The van der Waals surface area contributed by atoms with E-state index in [-0.39, 0.29) is 23.7 Å². The lowest BCUT2D eigenvalue weighted by Crippen LogP contribution is -2.41. The molecule has 2 unspecified atom stereocenters. The topological polar surface area (TPSA) is 78.9 Å². The van der Waals surface area contributed by atoms with Crippen LogP contribution < -0.4 is 5.73 Å². The van der Waals surface area contributed by atoms with Crippen molar-refractivity contribution < 1.29 is 10.0 Å². The van der Waals surface area contributed by atoms with Crippen molar-refractivity contribution in [2.45, 2.75) is 58.9 Å². The molecule has 5 nitrogen and oxygen atoms in total. The van der Waals surface area contributed by atoms with Crippen LogP contribution in [0.1, 0.15) is 52.9 Å². The fourth-order valence-corrected chi connectivity index (χ4v) is 1.94. The van der Waals surface area contributed by atoms with Crippen LogP contribution in [0.4, 0.5) is 0 Å². The molecule has 3 N–H and O–H groups in total. The molecule has 0 aliphatic rings. The number of nitrogens with two attached hydrogens (primary N) is 1. The molecular weight excluding hydrogens is 230 g/mol. The fourth-order valence-electron chi connectivity index (χ4n) is 1.94. The Morgan fingerprint density at radius 1 is 1.44 bits per heavy atom. The Hall–Kier alpha value is -1.26. The molecule has 0 aliphatic heterocycles. The molecule has 0 radical (unpaired) electrons. The van der Waals surface area contributed by atoms with Gasteiger partial charge in [-0.1, -0.05) is 31.8 Å². The molecule has 0 rings (SSSR count). The first-order valence-electron chi connectivity index (χ1n) is 6.70. The Morgan fingerprint density at radius 2 is 2.06 bits per heavy atom. The van der Waals surface area contributed by atoms with Crippen LogP contribution in [0.3, 0.4) is 0 Å². The Balaban J connectivity index is 4.45. The Kier molecular flexibility index (Phi) is 8.16. The van der Waals surface area contributed by atoms with Crippen molar-refractivity contribution in [3.63, 3.8) is 0 Å². The number of carbonyl (C=O) groups excluding carboxylic acids is 1. The van der Waals surface area contributed by atoms with Gasteiger partial charge in [-0.25, -0.2) is 0 Å². The monoisotopic (exact) mass is 257 g/mol. The van der Waals surface area contributed by atoms with Crippen molar-refractivity contribution in [3.05, 3.63) is 0 Å². The second-order valence-electron chi connectivity index (χ2n) is 4.84. The average molecular weight is 257 g/mol. The summed E-state index contributed by atoms with van der Waals surface area (Å²) < 4.78 is 0. The van der Waals surface area contributed by atoms with Gasteiger partial charge in [-0.2, -0.15) is 0 Å². The van der Waals surface area contributed by atoms with Gasteiger partial charge in [0, 0.05) is 25.4 Å². The Bertz CT molecular complexity index is 279. The molecule has 0 aromatic heterocycles. The van der Waals surface area contributed by atoms with Gasteiger partial charge in [-0.3, -0.25) is 4.79 Å².